The molecule has 0 fully saturated rings. The van der Waals surface area contributed by atoms with E-state index < -0.39 is 0 Å². The molecule has 0 bridgehead atoms. The molecule has 0 aliphatic carbocycles. The van der Waals surface area contributed by atoms with E-state index in [0.717, 1.165) is 46.5 Å². The van der Waals surface area contributed by atoms with Crippen LogP contribution in [0.1, 0.15) is 40.2 Å². The van der Waals surface area contributed by atoms with Crippen molar-refractivity contribution in [3.63, 3.8) is 0 Å². The SMILES string of the molecule is Cc1cccc(C)c1OCCCCn1c(CNC(=O)c2cccc(Br)c2)nc2ccccc21. The number of nitrogens with zero attached hydrogens (tertiary/aromatic N) is 2. The zero-order valence-corrected chi connectivity index (χ0v) is 20.6. The number of imidazole rings is 1. The van der Waals surface area contributed by atoms with Crippen molar-refractivity contribution in [3.05, 3.63) is 93.7 Å². The fourth-order valence-corrected chi connectivity index (χ4v) is 4.37. The number of unbranched alkanes of at least 4 members (excludes halogenated alkanes) is 1. The van der Waals surface area contributed by atoms with Crippen LogP contribution in [0.15, 0.2) is 71.2 Å². The number of carbonyl (C=O) groups excluding carboxylic acids is 1. The van der Waals surface area contributed by atoms with Crippen LogP contribution in [0, 0.1) is 13.8 Å². The third kappa shape index (κ3) is 5.63. The van der Waals surface area contributed by atoms with Gasteiger partial charge in [-0.05, 0) is 68.1 Å². The van der Waals surface area contributed by atoms with E-state index in [9.17, 15) is 4.79 Å². The molecule has 170 valence electrons. The first-order valence-corrected chi connectivity index (χ1v) is 12.0. The minimum Gasteiger partial charge on any atom is -0.493 e. The Bertz CT molecular complexity index is 1250. The zero-order chi connectivity index (χ0) is 23.2. The van der Waals surface area contributed by atoms with Crippen molar-refractivity contribution >= 4 is 32.9 Å². The van der Waals surface area contributed by atoms with Gasteiger partial charge in [-0.15, -0.1) is 0 Å². The summed E-state index contributed by atoms with van der Waals surface area (Å²) in [5, 5.41) is 3.01. The fourth-order valence-electron chi connectivity index (χ4n) is 3.97. The molecule has 3 aromatic carbocycles. The lowest BCUT2D eigenvalue weighted by Gasteiger charge is -2.13. The van der Waals surface area contributed by atoms with Gasteiger partial charge in [0, 0.05) is 16.6 Å². The first-order chi connectivity index (χ1) is 16.0. The van der Waals surface area contributed by atoms with Gasteiger partial charge in [0.25, 0.3) is 5.91 Å². The summed E-state index contributed by atoms with van der Waals surface area (Å²) in [5.74, 6) is 1.73. The van der Waals surface area contributed by atoms with E-state index in [-0.39, 0.29) is 5.91 Å². The van der Waals surface area contributed by atoms with Crippen molar-refractivity contribution in [3.8, 4) is 5.75 Å². The van der Waals surface area contributed by atoms with Crippen LogP contribution in [0.25, 0.3) is 11.0 Å². The van der Waals surface area contributed by atoms with Gasteiger partial charge >= 0.3 is 0 Å². The lowest BCUT2D eigenvalue weighted by molar-refractivity contribution is 0.0949. The number of hydrogen-bond donors (Lipinski definition) is 1. The van der Waals surface area contributed by atoms with E-state index in [2.05, 4.69) is 63.9 Å². The quantitative estimate of drug-likeness (QED) is 0.275. The molecule has 0 atom stereocenters. The summed E-state index contributed by atoms with van der Waals surface area (Å²) in [4.78, 5) is 17.4. The van der Waals surface area contributed by atoms with Gasteiger partial charge in [0.15, 0.2) is 0 Å². The van der Waals surface area contributed by atoms with E-state index in [0.29, 0.717) is 18.7 Å². The Morgan fingerprint density at radius 1 is 1.00 bits per heavy atom. The summed E-state index contributed by atoms with van der Waals surface area (Å²) in [7, 11) is 0. The predicted molar refractivity (Wildman–Crippen MR) is 136 cm³/mol. The van der Waals surface area contributed by atoms with Crippen LogP contribution in [0.2, 0.25) is 0 Å². The summed E-state index contributed by atoms with van der Waals surface area (Å²) >= 11 is 3.42. The minimum atomic E-state index is -0.114. The van der Waals surface area contributed by atoms with E-state index in [4.69, 9.17) is 9.72 Å². The molecule has 0 unspecified atom stereocenters. The Morgan fingerprint density at radius 2 is 1.76 bits per heavy atom. The number of hydrogen-bond acceptors (Lipinski definition) is 3. The summed E-state index contributed by atoms with van der Waals surface area (Å²) in [6, 6.07) is 21.7. The van der Waals surface area contributed by atoms with Crippen molar-refractivity contribution in [2.75, 3.05) is 6.61 Å². The van der Waals surface area contributed by atoms with Gasteiger partial charge < -0.3 is 14.6 Å². The Morgan fingerprint density at radius 3 is 2.55 bits per heavy atom. The third-order valence-corrected chi connectivity index (χ3v) is 6.15. The highest BCUT2D eigenvalue weighted by Gasteiger charge is 2.13. The van der Waals surface area contributed by atoms with Gasteiger partial charge in [-0.2, -0.15) is 0 Å². The number of amides is 1. The van der Waals surface area contributed by atoms with E-state index in [1.165, 1.54) is 11.1 Å². The molecule has 6 heteroatoms. The molecule has 0 saturated carbocycles. The van der Waals surface area contributed by atoms with Crippen LogP contribution in [-0.4, -0.2) is 22.1 Å². The molecule has 1 heterocycles. The molecule has 0 aliphatic heterocycles. The second kappa shape index (κ2) is 10.7. The molecule has 0 aliphatic rings. The highest BCUT2D eigenvalue weighted by molar-refractivity contribution is 9.10. The predicted octanol–water partition coefficient (Wildman–Crippen LogP) is 6.20. The summed E-state index contributed by atoms with van der Waals surface area (Å²) in [6.07, 6.45) is 1.89. The molecule has 0 spiro atoms. The third-order valence-electron chi connectivity index (χ3n) is 5.66. The van der Waals surface area contributed by atoms with Crippen molar-refractivity contribution in [1.82, 2.24) is 14.9 Å². The van der Waals surface area contributed by atoms with Gasteiger partial charge in [0.1, 0.15) is 11.6 Å². The first kappa shape index (κ1) is 23.1. The molecule has 1 N–H and O–H groups in total. The standard InChI is InChI=1S/C27H28BrN3O2/c1-19-9-7-10-20(2)26(19)33-16-6-5-15-31-24-14-4-3-13-23(24)30-25(31)18-29-27(32)21-11-8-12-22(28)17-21/h3-4,7-14,17H,5-6,15-16,18H2,1-2H3,(H,29,32). The van der Waals surface area contributed by atoms with Crippen molar-refractivity contribution in [2.45, 2.75) is 39.8 Å². The van der Waals surface area contributed by atoms with E-state index >= 15 is 0 Å². The van der Waals surface area contributed by atoms with Gasteiger partial charge in [-0.3, -0.25) is 4.79 Å². The van der Waals surface area contributed by atoms with Gasteiger partial charge in [-0.1, -0.05) is 52.3 Å². The monoisotopic (exact) mass is 505 g/mol. The number of benzene rings is 3. The Balaban J connectivity index is 1.39. The van der Waals surface area contributed by atoms with E-state index in [1.807, 2.05) is 36.4 Å². The molecule has 5 nitrogen and oxygen atoms in total. The smallest absolute Gasteiger partial charge is 0.251 e. The molecule has 1 amide bonds. The molecule has 4 aromatic rings. The van der Waals surface area contributed by atoms with Crippen LogP contribution in [0.4, 0.5) is 0 Å². The molecule has 33 heavy (non-hydrogen) atoms. The Labute approximate surface area is 202 Å². The molecule has 4 rings (SSSR count). The van der Waals surface area contributed by atoms with Crippen LogP contribution in [0.3, 0.4) is 0 Å². The minimum absolute atomic E-state index is 0.114. The molecule has 0 saturated heterocycles. The van der Waals surface area contributed by atoms with Crippen LogP contribution in [-0.2, 0) is 13.1 Å². The number of aromatic nitrogens is 2. The molecular weight excluding hydrogens is 478 g/mol. The largest absolute Gasteiger partial charge is 0.493 e. The first-order valence-electron chi connectivity index (χ1n) is 11.2. The summed E-state index contributed by atoms with van der Waals surface area (Å²) < 4.78 is 9.14. The normalized spacial score (nSPS) is 11.0. The lowest BCUT2D eigenvalue weighted by Crippen LogP contribution is -2.24. The van der Waals surface area contributed by atoms with Crippen LogP contribution in [0.5, 0.6) is 5.75 Å². The van der Waals surface area contributed by atoms with Crippen molar-refractivity contribution < 1.29 is 9.53 Å². The summed E-state index contributed by atoms with van der Waals surface area (Å²) in [6.45, 7) is 6.02. The lowest BCUT2D eigenvalue weighted by atomic mass is 10.1. The maximum Gasteiger partial charge on any atom is 0.251 e. The number of carbonyl (C=O) groups is 1. The number of ether oxygens (including phenoxy) is 1. The van der Waals surface area contributed by atoms with Gasteiger partial charge in [-0.25, -0.2) is 4.98 Å². The number of halogens is 1. The Hall–Kier alpha value is -3.12. The fraction of sp³-hybridized carbons (Fsp3) is 0.259. The van der Waals surface area contributed by atoms with Crippen molar-refractivity contribution in [2.24, 2.45) is 0 Å². The van der Waals surface area contributed by atoms with Gasteiger partial charge in [0.05, 0.1) is 24.2 Å². The number of rotatable bonds is 9. The van der Waals surface area contributed by atoms with Gasteiger partial charge in [0.2, 0.25) is 0 Å². The molecular formula is C27H28BrN3O2. The average Bonchev–Trinajstić information content (AvgIpc) is 3.16. The molecule has 0 radical (unpaired) electrons. The topological polar surface area (TPSA) is 56.1 Å². The van der Waals surface area contributed by atoms with Crippen LogP contribution >= 0.6 is 15.9 Å². The number of aryl methyl sites for hydroxylation is 3. The highest BCUT2D eigenvalue weighted by Crippen LogP contribution is 2.23. The van der Waals surface area contributed by atoms with E-state index in [1.54, 1.807) is 6.07 Å². The van der Waals surface area contributed by atoms with Crippen molar-refractivity contribution in [1.29, 1.82) is 0 Å². The number of para-hydroxylation sites is 3. The maximum atomic E-state index is 12.6. The molecule has 1 aromatic heterocycles. The average molecular weight is 506 g/mol. The summed E-state index contributed by atoms with van der Waals surface area (Å²) in [5.41, 5.74) is 4.98. The highest BCUT2D eigenvalue weighted by atomic mass is 79.9. The second-order valence-electron chi connectivity index (χ2n) is 8.14. The number of fused-ring (bicyclic) bond motifs is 1. The Kier molecular flexibility index (Phi) is 7.45. The maximum absolute atomic E-state index is 12.6. The number of nitrogens with one attached hydrogen (secondary N) is 1. The zero-order valence-electron chi connectivity index (χ0n) is 19.0. The second-order valence-corrected chi connectivity index (χ2v) is 9.05. The van der Waals surface area contributed by atoms with Crippen LogP contribution < -0.4 is 10.1 Å².